The number of anilines is 1. The molecule has 0 saturated carbocycles. The highest BCUT2D eigenvalue weighted by atomic mass is 16.2. The molecule has 1 N–H and O–H groups in total. The number of nitrogens with zero attached hydrogens (tertiary/aromatic N) is 5. The van der Waals surface area contributed by atoms with Crippen molar-refractivity contribution in [1.29, 1.82) is 0 Å². The van der Waals surface area contributed by atoms with E-state index in [-0.39, 0.29) is 24.3 Å². The molecule has 8 heteroatoms. The zero-order valence-electron chi connectivity index (χ0n) is 17.8. The van der Waals surface area contributed by atoms with Crippen molar-refractivity contribution in [2.24, 2.45) is 5.92 Å². The average Bonchev–Trinajstić information content (AvgIpc) is 2.84. The number of rotatable bonds is 6. The highest BCUT2D eigenvalue weighted by Gasteiger charge is 2.27. The average molecular weight is 423 g/mol. The van der Waals surface area contributed by atoms with Crippen molar-refractivity contribution in [2.75, 3.05) is 50.7 Å². The summed E-state index contributed by atoms with van der Waals surface area (Å²) in [6.07, 6.45) is 6.60. The minimum atomic E-state index is -0.0524. The molecular weight excluding hydrogens is 392 g/mol. The van der Waals surface area contributed by atoms with Crippen LogP contribution in [0.25, 0.3) is 0 Å². The van der Waals surface area contributed by atoms with Gasteiger partial charge >= 0.3 is 0 Å². The Hall–Kier alpha value is -3.00. The number of carbonyl (C=O) groups is 2. The van der Waals surface area contributed by atoms with E-state index in [0.29, 0.717) is 13.1 Å². The van der Waals surface area contributed by atoms with E-state index >= 15 is 0 Å². The van der Waals surface area contributed by atoms with Crippen molar-refractivity contribution in [3.63, 3.8) is 0 Å². The van der Waals surface area contributed by atoms with Crippen LogP contribution in [-0.4, -0.2) is 77.4 Å². The Morgan fingerprint density at radius 1 is 0.968 bits per heavy atom. The molecule has 2 saturated heterocycles. The van der Waals surface area contributed by atoms with Crippen molar-refractivity contribution >= 4 is 17.6 Å². The molecule has 2 aliphatic heterocycles. The molecule has 0 radical (unpaired) electrons. The Morgan fingerprint density at radius 3 is 2.39 bits per heavy atom. The predicted octanol–water partition coefficient (Wildman–Crippen LogP) is 1.15. The first kappa shape index (κ1) is 21.2. The maximum atomic E-state index is 12.6. The van der Waals surface area contributed by atoms with E-state index in [4.69, 9.17) is 0 Å². The van der Waals surface area contributed by atoms with E-state index in [2.05, 4.69) is 49.4 Å². The number of aromatic nitrogens is 2. The maximum Gasteiger partial charge on any atom is 0.242 e. The van der Waals surface area contributed by atoms with Gasteiger partial charge in [-0.2, -0.15) is 0 Å². The summed E-state index contributed by atoms with van der Waals surface area (Å²) in [6, 6.07) is 10.4. The summed E-state index contributed by atoms with van der Waals surface area (Å²) in [5.41, 5.74) is 1.29. The van der Waals surface area contributed by atoms with Crippen LogP contribution in [0.4, 0.5) is 5.82 Å². The minimum Gasteiger partial charge on any atom is -0.355 e. The van der Waals surface area contributed by atoms with E-state index in [9.17, 15) is 9.59 Å². The maximum absolute atomic E-state index is 12.6. The Bertz CT molecular complexity index is 847. The third kappa shape index (κ3) is 5.79. The van der Waals surface area contributed by atoms with Crippen molar-refractivity contribution in [3.05, 3.63) is 54.5 Å². The van der Waals surface area contributed by atoms with Crippen LogP contribution >= 0.6 is 0 Å². The van der Waals surface area contributed by atoms with E-state index in [0.717, 1.165) is 51.4 Å². The lowest BCUT2D eigenvalue weighted by molar-refractivity contribution is -0.135. The van der Waals surface area contributed by atoms with E-state index in [1.807, 2.05) is 11.0 Å². The summed E-state index contributed by atoms with van der Waals surface area (Å²) < 4.78 is 0. The number of hydrogen-bond acceptors (Lipinski definition) is 6. The summed E-state index contributed by atoms with van der Waals surface area (Å²) in [4.78, 5) is 39.9. The summed E-state index contributed by atoms with van der Waals surface area (Å²) in [7, 11) is 0. The molecule has 0 spiro atoms. The summed E-state index contributed by atoms with van der Waals surface area (Å²) in [6.45, 7) is 5.66. The minimum absolute atomic E-state index is 0.00436. The van der Waals surface area contributed by atoms with Gasteiger partial charge in [0.2, 0.25) is 11.8 Å². The third-order valence-electron chi connectivity index (χ3n) is 6.13. The molecule has 2 fully saturated rings. The van der Waals surface area contributed by atoms with Crippen LogP contribution in [0, 0.1) is 5.92 Å². The lowest BCUT2D eigenvalue weighted by Gasteiger charge is -2.35. The Labute approximate surface area is 183 Å². The molecule has 164 valence electrons. The number of hydrogen-bond donors (Lipinski definition) is 1. The van der Waals surface area contributed by atoms with Gasteiger partial charge in [0.15, 0.2) is 0 Å². The molecule has 1 aromatic carbocycles. The number of nitrogens with one attached hydrogen (secondary N) is 1. The monoisotopic (exact) mass is 422 g/mol. The molecule has 2 aliphatic rings. The van der Waals surface area contributed by atoms with Crippen LogP contribution in [0.5, 0.6) is 0 Å². The fraction of sp³-hybridized carbons (Fsp3) is 0.478. The van der Waals surface area contributed by atoms with Crippen LogP contribution in [0.2, 0.25) is 0 Å². The largest absolute Gasteiger partial charge is 0.355 e. The van der Waals surface area contributed by atoms with E-state index < -0.39 is 0 Å². The van der Waals surface area contributed by atoms with Crippen molar-refractivity contribution in [3.8, 4) is 0 Å². The van der Waals surface area contributed by atoms with Crippen LogP contribution in [0.3, 0.4) is 0 Å². The second-order valence-electron chi connectivity index (χ2n) is 8.19. The first-order valence-electron chi connectivity index (χ1n) is 11.0. The molecule has 1 aromatic heterocycles. The smallest absolute Gasteiger partial charge is 0.242 e. The molecule has 2 aromatic rings. The van der Waals surface area contributed by atoms with Crippen LogP contribution in [-0.2, 0) is 16.1 Å². The highest BCUT2D eigenvalue weighted by molar-refractivity contribution is 5.86. The molecule has 0 atom stereocenters. The fourth-order valence-corrected chi connectivity index (χ4v) is 4.24. The number of carbonyl (C=O) groups excluding carboxylic acids is 2. The summed E-state index contributed by atoms with van der Waals surface area (Å²) in [5.74, 6) is 0.783. The first-order valence-corrected chi connectivity index (χ1v) is 11.0. The molecular formula is C23H30N6O2. The molecule has 0 bridgehead atoms. The quantitative estimate of drug-likeness (QED) is 0.752. The molecule has 0 aliphatic carbocycles. The zero-order valence-corrected chi connectivity index (χ0v) is 17.8. The van der Waals surface area contributed by atoms with E-state index in [1.54, 1.807) is 18.6 Å². The Morgan fingerprint density at radius 2 is 1.71 bits per heavy atom. The van der Waals surface area contributed by atoms with Gasteiger partial charge in [0, 0.05) is 64.1 Å². The zero-order chi connectivity index (χ0) is 21.5. The number of benzene rings is 1. The third-order valence-corrected chi connectivity index (χ3v) is 6.13. The van der Waals surface area contributed by atoms with Crippen LogP contribution < -0.4 is 10.2 Å². The number of piperidine rings is 1. The van der Waals surface area contributed by atoms with Crippen LogP contribution in [0.1, 0.15) is 18.4 Å². The first-order chi connectivity index (χ1) is 15.2. The lowest BCUT2D eigenvalue weighted by Crippen LogP contribution is -2.51. The Kier molecular flexibility index (Phi) is 7.09. The number of amides is 2. The standard InChI is InChI=1S/C23H30N6O2/c30-22(29-14-12-27(13-15-29)18-19-4-2-1-3-5-19)17-26-23(31)20-6-10-28(11-7-20)21-16-24-8-9-25-21/h1-5,8-9,16,20H,6-7,10-15,17-18H2,(H,26,31). The normalized spacial score (nSPS) is 18.1. The van der Waals surface area contributed by atoms with Gasteiger partial charge in [0.05, 0.1) is 12.7 Å². The molecule has 2 amide bonds. The van der Waals surface area contributed by atoms with Gasteiger partial charge in [-0.3, -0.25) is 19.5 Å². The molecule has 0 unspecified atom stereocenters. The van der Waals surface area contributed by atoms with Crippen LogP contribution in [0.15, 0.2) is 48.9 Å². The van der Waals surface area contributed by atoms with Gasteiger partial charge in [-0.25, -0.2) is 4.98 Å². The Balaban J connectivity index is 1.15. The molecule has 4 rings (SSSR count). The highest BCUT2D eigenvalue weighted by Crippen LogP contribution is 2.21. The fourth-order valence-electron chi connectivity index (χ4n) is 4.24. The van der Waals surface area contributed by atoms with Crippen molar-refractivity contribution in [2.45, 2.75) is 19.4 Å². The van der Waals surface area contributed by atoms with Gasteiger partial charge in [-0.15, -0.1) is 0 Å². The predicted molar refractivity (Wildman–Crippen MR) is 118 cm³/mol. The van der Waals surface area contributed by atoms with Gasteiger partial charge in [0.25, 0.3) is 0 Å². The van der Waals surface area contributed by atoms with Gasteiger partial charge in [0.1, 0.15) is 5.82 Å². The lowest BCUT2D eigenvalue weighted by atomic mass is 9.96. The van der Waals surface area contributed by atoms with Crippen molar-refractivity contribution in [1.82, 2.24) is 25.1 Å². The van der Waals surface area contributed by atoms with Gasteiger partial charge < -0.3 is 15.1 Å². The van der Waals surface area contributed by atoms with Crippen molar-refractivity contribution < 1.29 is 9.59 Å². The summed E-state index contributed by atoms with van der Waals surface area (Å²) in [5, 5.41) is 2.86. The SMILES string of the molecule is O=C(NCC(=O)N1CCN(Cc2ccccc2)CC1)C1CCN(c2cnccn2)CC1. The number of piperazine rings is 1. The van der Waals surface area contributed by atoms with Gasteiger partial charge in [-0.1, -0.05) is 30.3 Å². The second kappa shape index (κ2) is 10.3. The topological polar surface area (TPSA) is 81.7 Å². The molecule has 8 nitrogen and oxygen atoms in total. The molecule has 3 heterocycles. The second-order valence-corrected chi connectivity index (χ2v) is 8.19. The summed E-state index contributed by atoms with van der Waals surface area (Å²) >= 11 is 0. The van der Waals surface area contributed by atoms with Gasteiger partial charge in [-0.05, 0) is 18.4 Å². The molecule has 31 heavy (non-hydrogen) atoms. The van der Waals surface area contributed by atoms with E-state index in [1.165, 1.54) is 5.56 Å².